The summed E-state index contributed by atoms with van der Waals surface area (Å²) < 4.78 is 0. The Kier molecular flexibility index (Phi) is 5.30. The van der Waals surface area contributed by atoms with Gasteiger partial charge in [0.25, 0.3) is 0 Å². The highest BCUT2D eigenvalue weighted by molar-refractivity contribution is 4.86. The zero-order chi connectivity index (χ0) is 12.3. The molecule has 1 nitrogen and oxygen atoms in total. The van der Waals surface area contributed by atoms with Crippen LogP contribution in [0.15, 0.2) is 0 Å². The molecule has 1 heteroatoms. The number of nitrogens with zero attached hydrogens (tertiary/aromatic N) is 1. The minimum absolute atomic E-state index is 0.780. The topological polar surface area (TPSA) is 3.24 Å². The smallest absolute Gasteiger partial charge is 0.0100 e. The lowest BCUT2D eigenvalue weighted by molar-refractivity contribution is 0.0368. The van der Waals surface area contributed by atoms with Crippen LogP contribution in [0.5, 0.6) is 0 Å². The van der Waals surface area contributed by atoms with E-state index in [0.29, 0.717) is 0 Å². The molecule has 0 radical (unpaired) electrons. The molecule has 0 saturated carbocycles. The fraction of sp³-hybridized carbons (Fsp3) is 1.00. The Hall–Kier alpha value is -0.0400. The number of rotatable bonds is 4. The maximum Gasteiger partial charge on any atom is 0.0100 e. The van der Waals surface area contributed by atoms with Gasteiger partial charge in [-0.05, 0) is 56.5 Å². The maximum atomic E-state index is 2.73. The number of likely N-dealkylation sites (tertiary alicyclic amines) is 1. The number of hydrogen-bond donors (Lipinski definition) is 0. The van der Waals surface area contributed by atoms with Crippen LogP contribution in [-0.4, -0.2) is 24.0 Å². The van der Waals surface area contributed by atoms with Crippen molar-refractivity contribution in [3.8, 4) is 0 Å². The van der Waals surface area contributed by atoms with Crippen LogP contribution in [0.25, 0.3) is 0 Å². The quantitative estimate of drug-likeness (QED) is 0.698. The Morgan fingerprint density at radius 3 is 2.25 bits per heavy atom. The van der Waals surface area contributed by atoms with E-state index >= 15 is 0 Å². The van der Waals surface area contributed by atoms with Crippen LogP contribution in [0.4, 0.5) is 0 Å². The molecule has 0 N–H and O–H groups in total. The second kappa shape index (κ2) is 6.05. The molecule has 0 aromatic carbocycles. The summed E-state index contributed by atoms with van der Waals surface area (Å²) in [5.74, 6) is 3.46. The third-order valence-corrected chi connectivity index (χ3v) is 4.43. The molecule has 1 heterocycles. The molecular weight excluding hydrogens is 194 g/mol. The van der Waals surface area contributed by atoms with Crippen LogP contribution >= 0.6 is 0 Å². The van der Waals surface area contributed by atoms with Crippen LogP contribution < -0.4 is 0 Å². The average Bonchev–Trinajstić information content (AvgIpc) is 2.15. The average molecular weight is 225 g/mol. The molecule has 0 amide bonds. The minimum atomic E-state index is 0.780. The molecule has 1 rings (SSSR count). The summed E-state index contributed by atoms with van der Waals surface area (Å²) in [6, 6.07) is 0.780. The minimum Gasteiger partial charge on any atom is -0.300 e. The fourth-order valence-corrected chi connectivity index (χ4v) is 3.44. The Morgan fingerprint density at radius 2 is 1.75 bits per heavy atom. The van der Waals surface area contributed by atoms with Crippen molar-refractivity contribution in [1.82, 2.24) is 4.90 Å². The van der Waals surface area contributed by atoms with Gasteiger partial charge in [0.05, 0.1) is 0 Å². The first-order chi connectivity index (χ1) is 7.43. The van der Waals surface area contributed by atoms with E-state index in [1.165, 1.54) is 25.9 Å². The highest BCUT2D eigenvalue weighted by atomic mass is 15.2. The molecule has 1 fully saturated rings. The van der Waals surface area contributed by atoms with E-state index in [-0.39, 0.29) is 0 Å². The van der Waals surface area contributed by atoms with Crippen LogP contribution in [0.2, 0.25) is 0 Å². The Morgan fingerprint density at radius 1 is 1.12 bits per heavy atom. The van der Waals surface area contributed by atoms with E-state index < -0.39 is 0 Å². The lowest BCUT2D eigenvalue weighted by Gasteiger charge is -2.45. The summed E-state index contributed by atoms with van der Waals surface area (Å²) in [5, 5.41) is 0. The van der Waals surface area contributed by atoms with Crippen molar-refractivity contribution in [1.29, 1.82) is 0 Å². The van der Waals surface area contributed by atoms with Gasteiger partial charge >= 0.3 is 0 Å². The zero-order valence-electron chi connectivity index (χ0n) is 12.2. The zero-order valence-corrected chi connectivity index (χ0v) is 12.2. The number of piperidine rings is 1. The van der Waals surface area contributed by atoms with E-state index in [1.807, 2.05) is 0 Å². The van der Waals surface area contributed by atoms with Gasteiger partial charge in [0, 0.05) is 6.04 Å². The highest BCUT2D eigenvalue weighted by Crippen LogP contribution is 2.34. The van der Waals surface area contributed by atoms with Gasteiger partial charge in [-0.25, -0.2) is 0 Å². The van der Waals surface area contributed by atoms with Crippen molar-refractivity contribution in [3.63, 3.8) is 0 Å². The van der Waals surface area contributed by atoms with Gasteiger partial charge in [0.15, 0.2) is 0 Å². The molecule has 96 valence electrons. The van der Waals surface area contributed by atoms with Gasteiger partial charge in [0.1, 0.15) is 0 Å². The summed E-state index contributed by atoms with van der Waals surface area (Å²) in [4.78, 5) is 2.73. The van der Waals surface area contributed by atoms with Crippen molar-refractivity contribution < 1.29 is 0 Å². The van der Waals surface area contributed by atoms with Gasteiger partial charge in [0.2, 0.25) is 0 Å². The first-order valence-corrected chi connectivity index (χ1v) is 7.17. The second-order valence-electron chi connectivity index (χ2n) is 6.55. The normalized spacial score (nSPS) is 32.6. The SMILES string of the molecule is CC(C)CCN1CC[C@@H](C)C(C(C)C)[C@H]1C. The van der Waals surface area contributed by atoms with E-state index in [0.717, 1.165) is 29.7 Å². The molecule has 1 saturated heterocycles. The molecular formula is C15H31N. The summed E-state index contributed by atoms with van der Waals surface area (Å²) >= 11 is 0. The lowest BCUT2D eigenvalue weighted by atomic mass is 9.74. The molecule has 0 bridgehead atoms. The molecule has 0 spiro atoms. The Balaban J connectivity index is 2.54. The monoisotopic (exact) mass is 225 g/mol. The predicted octanol–water partition coefficient (Wildman–Crippen LogP) is 4.04. The summed E-state index contributed by atoms with van der Waals surface area (Å²) in [6.07, 6.45) is 2.74. The van der Waals surface area contributed by atoms with E-state index in [9.17, 15) is 0 Å². The summed E-state index contributed by atoms with van der Waals surface area (Å²) in [5.41, 5.74) is 0. The second-order valence-corrected chi connectivity index (χ2v) is 6.55. The molecule has 0 aromatic heterocycles. The van der Waals surface area contributed by atoms with Crippen LogP contribution in [-0.2, 0) is 0 Å². The molecule has 16 heavy (non-hydrogen) atoms. The first kappa shape index (κ1) is 14.0. The first-order valence-electron chi connectivity index (χ1n) is 7.17. The summed E-state index contributed by atoms with van der Waals surface area (Å²) in [6.45, 7) is 17.0. The van der Waals surface area contributed by atoms with Crippen molar-refractivity contribution >= 4 is 0 Å². The number of hydrogen-bond acceptors (Lipinski definition) is 1. The fourth-order valence-electron chi connectivity index (χ4n) is 3.44. The largest absolute Gasteiger partial charge is 0.300 e. The summed E-state index contributed by atoms with van der Waals surface area (Å²) in [7, 11) is 0. The van der Waals surface area contributed by atoms with Gasteiger partial charge in [-0.15, -0.1) is 0 Å². The van der Waals surface area contributed by atoms with E-state index in [1.54, 1.807) is 0 Å². The van der Waals surface area contributed by atoms with Gasteiger partial charge in [-0.1, -0.05) is 34.6 Å². The third-order valence-electron chi connectivity index (χ3n) is 4.43. The van der Waals surface area contributed by atoms with Gasteiger partial charge in [-0.2, -0.15) is 0 Å². The van der Waals surface area contributed by atoms with E-state index in [4.69, 9.17) is 0 Å². The molecule has 3 atom stereocenters. The highest BCUT2D eigenvalue weighted by Gasteiger charge is 2.34. The lowest BCUT2D eigenvalue weighted by Crippen LogP contribution is -2.49. The van der Waals surface area contributed by atoms with Gasteiger partial charge in [-0.3, -0.25) is 0 Å². The maximum absolute atomic E-state index is 2.73. The molecule has 0 aliphatic carbocycles. The van der Waals surface area contributed by atoms with Crippen molar-refractivity contribution in [3.05, 3.63) is 0 Å². The van der Waals surface area contributed by atoms with Gasteiger partial charge < -0.3 is 4.90 Å². The Bertz CT molecular complexity index is 198. The molecule has 1 aliphatic heterocycles. The molecule has 1 unspecified atom stereocenters. The van der Waals surface area contributed by atoms with Crippen molar-refractivity contribution in [2.75, 3.05) is 13.1 Å². The molecule has 1 aliphatic rings. The predicted molar refractivity (Wildman–Crippen MR) is 72.6 cm³/mol. The molecule has 0 aromatic rings. The van der Waals surface area contributed by atoms with Crippen molar-refractivity contribution in [2.24, 2.45) is 23.7 Å². The van der Waals surface area contributed by atoms with Crippen LogP contribution in [0.1, 0.15) is 54.4 Å². The Labute approximate surface area is 103 Å². The van der Waals surface area contributed by atoms with E-state index in [2.05, 4.69) is 46.4 Å². The van der Waals surface area contributed by atoms with Crippen LogP contribution in [0, 0.1) is 23.7 Å². The third kappa shape index (κ3) is 3.48. The standard InChI is InChI=1S/C15H31N/c1-11(2)7-9-16-10-8-13(5)15(12(3)4)14(16)6/h11-15H,7-10H2,1-6H3/t13-,14-,15?/m1/s1. The van der Waals surface area contributed by atoms with Crippen LogP contribution in [0.3, 0.4) is 0 Å². The van der Waals surface area contributed by atoms with Crippen molar-refractivity contribution in [2.45, 2.75) is 60.4 Å².